The van der Waals surface area contributed by atoms with Crippen LogP contribution in [0.1, 0.15) is 15.4 Å². The number of benzene rings is 1. The van der Waals surface area contributed by atoms with Crippen molar-refractivity contribution in [1.82, 2.24) is 14.2 Å². The maximum absolute atomic E-state index is 13.0. The van der Waals surface area contributed by atoms with Crippen molar-refractivity contribution < 1.29 is 13.2 Å². The van der Waals surface area contributed by atoms with E-state index < -0.39 is 10.0 Å². The van der Waals surface area contributed by atoms with Gasteiger partial charge < -0.3 is 4.90 Å². The Hall–Kier alpha value is -2.07. The van der Waals surface area contributed by atoms with E-state index in [1.165, 1.54) is 27.0 Å². The summed E-state index contributed by atoms with van der Waals surface area (Å²) in [6.07, 6.45) is 0. The standard InChI is InChI=1S/C19H19N3O3S3/c1-14-17(27-18(20-14)15-6-3-2-4-7-15)19(23)21-9-11-22(12-10-21)28(24,25)16-8-5-13-26-16/h2-8,13H,9-12H2,1H3. The fourth-order valence-corrected chi connectivity index (χ4v) is 6.72. The average molecular weight is 434 g/mol. The molecule has 1 aromatic carbocycles. The van der Waals surface area contributed by atoms with Crippen LogP contribution >= 0.6 is 22.7 Å². The molecule has 0 saturated carbocycles. The van der Waals surface area contributed by atoms with Gasteiger partial charge in [0.15, 0.2) is 0 Å². The summed E-state index contributed by atoms with van der Waals surface area (Å²) in [5.74, 6) is -0.0784. The molecule has 1 amide bonds. The van der Waals surface area contributed by atoms with Crippen molar-refractivity contribution in [1.29, 1.82) is 0 Å². The number of aryl methyl sites for hydroxylation is 1. The molecular weight excluding hydrogens is 414 g/mol. The maximum atomic E-state index is 13.0. The fraction of sp³-hybridized carbons (Fsp3) is 0.263. The van der Waals surface area contributed by atoms with Crippen LogP contribution in [0, 0.1) is 6.92 Å². The van der Waals surface area contributed by atoms with Crippen molar-refractivity contribution in [3.05, 3.63) is 58.4 Å². The highest BCUT2D eigenvalue weighted by Gasteiger charge is 2.32. The van der Waals surface area contributed by atoms with Crippen molar-refractivity contribution in [3.8, 4) is 10.6 Å². The van der Waals surface area contributed by atoms with Crippen molar-refractivity contribution in [2.45, 2.75) is 11.1 Å². The number of sulfonamides is 1. The van der Waals surface area contributed by atoms with Crippen molar-refractivity contribution in [2.24, 2.45) is 0 Å². The second-order valence-electron chi connectivity index (χ2n) is 6.43. The lowest BCUT2D eigenvalue weighted by Crippen LogP contribution is -2.50. The number of carbonyl (C=O) groups excluding carboxylic acids is 1. The van der Waals surface area contributed by atoms with Gasteiger partial charge in [0.1, 0.15) is 14.1 Å². The lowest BCUT2D eigenvalue weighted by atomic mass is 10.2. The van der Waals surface area contributed by atoms with E-state index >= 15 is 0 Å². The quantitative estimate of drug-likeness (QED) is 0.633. The molecule has 0 atom stereocenters. The van der Waals surface area contributed by atoms with E-state index in [4.69, 9.17) is 0 Å². The minimum atomic E-state index is -3.47. The second-order valence-corrected chi connectivity index (χ2v) is 10.5. The Balaban J connectivity index is 1.47. The van der Waals surface area contributed by atoms with Crippen LogP contribution < -0.4 is 0 Å². The van der Waals surface area contributed by atoms with Crippen LogP contribution in [0.15, 0.2) is 52.1 Å². The lowest BCUT2D eigenvalue weighted by Gasteiger charge is -2.33. The first-order chi connectivity index (χ1) is 13.5. The number of aromatic nitrogens is 1. The second kappa shape index (κ2) is 7.75. The summed E-state index contributed by atoms with van der Waals surface area (Å²) >= 11 is 2.60. The van der Waals surface area contributed by atoms with Gasteiger partial charge in [0, 0.05) is 31.7 Å². The topological polar surface area (TPSA) is 70.6 Å². The third-order valence-electron chi connectivity index (χ3n) is 4.63. The zero-order chi connectivity index (χ0) is 19.7. The van der Waals surface area contributed by atoms with Gasteiger partial charge in [-0.3, -0.25) is 4.79 Å². The lowest BCUT2D eigenvalue weighted by molar-refractivity contribution is 0.0702. The Morgan fingerprint density at radius 3 is 2.39 bits per heavy atom. The number of piperazine rings is 1. The van der Waals surface area contributed by atoms with Crippen LogP contribution in [0.3, 0.4) is 0 Å². The van der Waals surface area contributed by atoms with Gasteiger partial charge in [-0.15, -0.1) is 22.7 Å². The number of hydrogen-bond donors (Lipinski definition) is 0. The molecule has 0 aliphatic carbocycles. The molecule has 9 heteroatoms. The van der Waals surface area contributed by atoms with Crippen LogP contribution in [0.4, 0.5) is 0 Å². The highest BCUT2D eigenvalue weighted by Crippen LogP contribution is 2.29. The van der Waals surface area contributed by atoms with E-state index in [0.717, 1.165) is 10.6 Å². The molecular formula is C19H19N3O3S3. The molecule has 146 valence electrons. The monoisotopic (exact) mass is 433 g/mol. The molecule has 2 aromatic heterocycles. The highest BCUT2D eigenvalue weighted by atomic mass is 32.2. The number of rotatable bonds is 4. The Morgan fingerprint density at radius 2 is 1.75 bits per heavy atom. The number of carbonyl (C=O) groups is 1. The molecule has 0 spiro atoms. The zero-order valence-electron chi connectivity index (χ0n) is 15.2. The zero-order valence-corrected chi connectivity index (χ0v) is 17.7. The minimum absolute atomic E-state index is 0.0784. The van der Waals surface area contributed by atoms with Gasteiger partial charge in [-0.2, -0.15) is 4.31 Å². The van der Waals surface area contributed by atoms with E-state index in [-0.39, 0.29) is 5.91 Å². The Labute approximate surface area is 172 Å². The van der Waals surface area contributed by atoms with Crippen molar-refractivity contribution >= 4 is 38.6 Å². The molecule has 0 bridgehead atoms. The van der Waals surface area contributed by atoms with E-state index in [1.54, 1.807) is 22.4 Å². The summed E-state index contributed by atoms with van der Waals surface area (Å²) in [5, 5.41) is 2.57. The average Bonchev–Trinajstić information content (AvgIpc) is 3.39. The predicted molar refractivity (Wildman–Crippen MR) is 111 cm³/mol. The predicted octanol–water partition coefficient (Wildman–Crippen LogP) is 3.33. The fourth-order valence-electron chi connectivity index (χ4n) is 3.11. The summed E-state index contributed by atoms with van der Waals surface area (Å²) in [4.78, 5) is 19.9. The molecule has 1 fully saturated rings. The van der Waals surface area contributed by atoms with Gasteiger partial charge in [-0.05, 0) is 18.4 Å². The largest absolute Gasteiger partial charge is 0.335 e. The van der Waals surface area contributed by atoms with Crippen LogP contribution in [0.2, 0.25) is 0 Å². The molecule has 3 aromatic rings. The highest BCUT2D eigenvalue weighted by molar-refractivity contribution is 7.91. The van der Waals surface area contributed by atoms with Crippen molar-refractivity contribution in [3.63, 3.8) is 0 Å². The first-order valence-electron chi connectivity index (χ1n) is 8.82. The molecule has 0 unspecified atom stereocenters. The van der Waals surface area contributed by atoms with E-state index in [2.05, 4.69) is 4.98 Å². The molecule has 4 rings (SSSR count). The van der Waals surface area contributed by atoms with Crippen LogP contribution in [0.25, 0.3) is 10.6 Å². The van der Waals surface area contributed by atoms with Crippen LogP contribution in [-0.2, 0) is 10.0 Å². The van der Waals surface area contributed by atoms with Crippen LogP contribution in [0.5, 0.6) is 0 Å². The van der Waals surface area contributed by atoms with Crippen molar-refractivity contribution in [2.75, 3.05) is 26.2 Å². The van der Waals surface area contributed by atoms with Gasteiger partial charge in [0.25, 0.3) is 15.9 Å². The molecule has 1 aliphatic rings. The van der Waals surface area contributed by atoms with E-state index in [1.807, 2.05) is 37.3 Å². The molecule has 1 saturated heterocycles. The summed E-state index contributed by atoms with van der Waals surface area (Å²) in [6, 6.07) is 13.1. The first kappa shape index (κ1) is 19.3. The third kappa shape index (κ3) is 3.62. The summed E-state index contributed by atoms with van der Waals surface area (Å²) in [5.41, 5.74) is 1.70. The summed E-state index contributed by atoms with van der Waals surface area (Å²) < 4.78 is 27.1. The molecule has 3 heterocycles. The number of thiophene rings is 1. The molecule has 6 nitrogen and oxygen atoms in total. The SMILES string of the molecule is Cc1nc(-c2ccccc2)sc1C(=O)N1CCN(S(=O)(=O)c2cccs2)CC1. The maximum Gasteiger partial charge on any atom is 0.265 e. The van der Waals surface area contributed by atoms with E-state index in [0.29, 0.717) is 41.0 Å². The molecule has 1 aliphatic heterocycles. The summed E-state index contributed by atoms with van der Waals surface area (Å²) in [6.45, 7) is 3.20. The molecule has 28 heavy (non-hydrogen) atoms. The van der Waals surface area contributed by atoms with Gasteiger partial charge >= 0.3 is 0 Å². The number of nitrogens with zero attached hydrogens (tertiary/aromatic N) is 3. The Morgan fingerprint density at radius 1 is 1.04 bits per heavy atom. The number of amides is 1. The molecule has 0 radical (unpaired) electrons. The summed E-state index contributed by atoms with van der Waals surface area (Å²) in [7, 11) is -3.47. The number of thiazole rings is 1. The normalized spacial score (nSPS) is 15.7. The molecule has 0 N–H and O–H groups in total. The smallest absolute Gasteiger partial charge is 0.265 e. The van der Waals surface area contributed by atoms with Gasteiger partial charge in [-0.25, -0.2) is 13.4 Å². The van der Waals surface area contributed by atoms with E-state index in [9.17, 15) is 13.2 Å². The number of hydrogen-bond acceptors (Lipinski definition) is 6. The first-order valence-corrected chi connectivity index (χ1v) is 12.0. The minimum Gasteiger partial charge on any atom is -0.335 e. The van der Waals surface area contributed by atoms with Gasteiger partial charge in [0.05, 0.1) is 5.69 Å². The van der Waals surface area contributed by atoms with Crippen LogP contribution in [-0.4, -0.2) is 54.7 Å². The third-order valence-corrected chi connectivity index (χ3v) is 9.09. The Bertz CT molecular complexity index is 1070. The van der Waals surface area contributed by atoms with Gasteiger partial charge in [-0.1, -0.05) is 36.4 Å². The van der Waals surface area contributed by atoms with Gasteiger partial charge in [0.2, 0.25) is 0 Å². The Kier molecular flexibility index (Phi) is 5.33.